The molecular formula is C18H18N2. The number of allylic oxidation sites excluding steroid dienone is 10. The fourth-order valence-corrected chi connectivity index (χ4v) is 3.02. The standard InChI is InChI=1S/C18H18N2/c1-3-15(2)18(16-9-4-5-10-16,17-11-6-7-12-17)20-14-8-13-19-20/h3-4,6,8-14H,1-2,5,7H2. The van der Waals surface area contributed by atoms with Crippen LogP contribution in [-0.2, 0) is 5.54 Å². The van der Waals surface area contributed by atoms with Crippen LogP contribution in [0.4, 0.5) is 0 Å². The van der Waals surface area contributed by atoms with E-state index in [9.17, 15) is 0 Å². The van der Waals surface area contributed by atoms with Crippen LogP contribution in [0.15, 0.2) is 90.9 Å². The lowest BCUT2D eigenvalue weighted by atomic mass is 9.77. The van der Waals surface area contributed by atoms with Crippen LogP contribution in [0.5, 0.6) is 0 Å². The van der Waals surface area contributed by atoms with Crippen LogP contribution in [-0.4, -0.2) is 9.78 Å². The van der Waals surface area contributed by atoms with Gasteiger partial charge in [0.2, 0.25) is 0 Å². The summed E-state index contributed by atoms with van der Waals surface area (Å²) in [5.74, 6) is 0. The van der Waals surface area contributed by atoms with Crippen LogP contribution in [0, 0.1) is 0 Å². The van der Waals surface area contributed by atoms with Gasteiger partial charge in [0, 0.05) is 12.4 Å². The number of hydrogen-bond acceptors (Lipinski definition) is 1. The summed E-state index contributed by atoms with van der Waals surface area (Å²) in [4.78, 5) is 0. The lowest BCUT2D eigenvalue weighted by Crippen LogP contribution is -2.38. The third-order valence-corrected chi connectivity index (χ3v) is 3.94. The van der Waals surface area contributed by atoms with Crippen molar-refractivity contribution < 1.29 is 0 Å². The van der Waals surface area contributed by atoms with Crippen LogP contribution in [0.25, 0.3) is 0 Å². The number of nitrogens with zero attached hydrogens (tertiary/aromatic N) is 2. The highest BCUT2D eigenvalue weighted by Gasteiger charge is 2.41. The molecule has 1 heterocycles. The molecule has 0 unspecified atom stereocenters. The van der Waals surface area contributed by atoms with E-state index < -0.39 is 5.54 Å². The van der Waals surface area contributed by atoms with Crippen molar-refractivity contribution in [2.24, 2.45) is 0 Å². The summed E-state index contributed by atoms with van der Waals surface area (Å²) in [6, 6.07) is 1.95. The predicted molar refractivity (Wildman–Crippen MR) is 83.2 cm³/mol. The molecule has 0 N–H and O–H groups in total. The maximum absolute atomic E-state index is 4.51. The highest BCUT2D eigenvalue weighted by molar-refractivity contribution is 5.57. The highest BCUT2D eigenvalue weighted by Crippen LogP contribution is 2.44. The van der Waals surface area contributed by atoms with E-state index in [1.54, 1.807) is 0 Å². The second-order valence-electron chi connectivity index (χ2n) is 4.99. The van der Waals surface area contributed by atoms with Gasteiger partial charge in [0.15, 0.2) is 0 Å². The Kier molecular flexibility index (Phi) is 3.15. The summed E-state index contributed by atoms with van der Waals surface area (Å²) >= 11 is 0. The van der Waals surface area contributed by atoms with Gasteiger partial charge in [-0.05, 0) is 35.6 Å². The molecule has 0 aromatic carbocycles. The molecule has 2 nitrogen and oxygen atoms in total. The molecule has 20 heavy (non-hydrogen) atoms. The molecule has 0 aliphatic heterocycles. The molecule has 0 saturated carbocycles. The maximum atomic E-state index is 4.51. The number of hydrogen-bond donors (Lipinski definition) is 0. The van der Waals surface area contributed by atoms with Gasteiger partial charge in [-0.1, -0.05) is 55.7 Å². The van der Waals surface area contributed by atoms with E-state index in [-0.39, 0.29) is 0 Å². The molecule has 0 bridgehead atoms. The predicted octanol–water partition coefficient (Wildman–Crippen LogP) is 4.09. The first-order chi connectivity index (χ1) is 9.80. The van der Waals surface area contributed by atoms with E-state index in [0.717, 1.165) is 18.4 Å². The Balaban J connectivity index is 2.29. The lowest BCUT2D eigenvalue weighted by Gasteiger charge is -2.37. The molecule has 3 rings (SSSR count). The van der Waals surface area contributed by atoms with Gasteiger partial charge in [-0.2, -0.15) is 5.10 Å². The van der Waals surface area contributed by atoms with E-state index in [2.05, 4.69) is 54.7 Å². The molecule has 0 radical (unpaired) electrons. The minimum atomic E-state index is -0.467. The van der Waals surface area contributed by atoms with E-state index in [1.807, 2.05) is 29.2 Å². The van der Waals surface area contributed by atoms with Gasteiger partial charge < -0.3 is 0 Å². The van der Waals surface area contributed by atoms with Gasteiger partial charge in [0.05, 0.1) is 0 Å². The topological polar surface area (TPSA) is 17.8 Å². The van der Waals surface area contributed by atoms with Crippen molar-refractivity contribution in [3.8, 4) is 0 Å². The second-order valence-corrected chi connectivity index (χ2v) is 4.99. The summed E-state index contributed by atoms with van der Waals surface area (Å²) in [6.45, 7) is 8.20. The van der Waals surface area contributed by atoms with Gasteiger partial charge in [-0.15, -0.1) is 0 Å². The Morgan fingerprint density at radius 3 is 2.25 bits per heavy atom. The van der Waals surface area contributed by atoms with Crippen molar-refractivity contribution in [2.45, 2.75) is 18.4 Å². The SMILES string of the molecule is C=CC(=C)C(C1=CCC=C1)(C1=CCC=C1)n1cccn1. The zero-order valence-electron chi connectivity index (χ0n) is 11.5. The van der Waals surface area contributed by atoms with Crippen LogP contribution in [0.2, 0.25) is 0 Å². The van der Waals surface area contributed by atoms with Crippen molar-refractivity contribution in [1.82, 2.24) is 9.78 Å². The van der Waals surface area contributed by atoms with Gasteiger partial charge >= 0.3 is 0 Å². The maximum Gasteiger partial charge on any atom is 0.136 e. The third kappa shape index (κ3) is 1.68. The van der Waals surface area contributed by atoms with Crippen molar-refractivity contribution >= 4 is 0 Å². The van der Waals surface area contributed by atoms with Crippen molar-refractivity contribution in [3.05, 3.63) is 90.9 Å². The fraction of sp³-hybridized carbons (Fsp3) is 0.167. The van der Waals surface area contributed by atoms with E-state index >= 15 is 0 Å². The zero-order valence-corrected chi connectivity index (χ0v) is 11.5. The minimum Gasteiger partial charge on any atom is -0.253 e. The van der Waals surface area contributed by atoms with E-state index in [0.29, 0.717) is 0 Å². The second kappa shape index (κ2) is 4.97. The highest BCUT2D eigenvalue weighted by atomic mass is 15.3. The van der Waals surface area contributed by atoms with Crippen molar-refractivity contribution in [2.75, 3.05) is 0 Å². The Labute approximate surface area is 119 Å². The largest absolute Gasteiger partial charge is 0.253 e. The molecule has 0 saturated heterocycles. The summed E-state index contributed by atoms with van der Waals surface area (Å²) < 4.78 is 1.99. The zero-order chi connectivity index (χ0) is 14.0. The molecule has 2 aliphatic carbocycles. The van der Waals surface area contributed by atoms with Crippen LogP contribution in [0.1, 0.15) is 12.8 Å². The monoisotopic (exact) mass is 262 g/mol. The smallest absolute Gasteiger partial charge is 0.136 e. The Morgan fingerprint density at radius 1 is 1.20 bits per heavy atom. The van der Waals surface area contributed by atoms with E-state index in [4.69, 9.17) is 0 Å². The molecular weight excluding hydrogens is 244 g/mol. The van der Waals surface area contributed by atoms with Gasteiger partial charge in [0.25, 0.3) is 0 Å². The first-order valence-corrected chi connectivity index (χ1v) is 6.86. The average molecular weight is 262 g/mol. The Bertz CT molecular complexity index is 622. The summed E-state index contributed by atoms with van der Waals surface area (Å²) in [6.07, 6.45) is 20.7. The quantitative estimate of drug-likeness (QED) is 0.731. The first kappa shape index (κ1) is 12.7. The Hall–Kier alpha value is -2.35. The fourth-order valence-electron chi connectivity index (χ4n) is 3.02. The summed E-state index contributed by atoms with van der Waals surface area (Å²) in [7, 11) is 0. The molecule has 100 valence electrons. The molecule has 0 amide bonds. The van der Waals surface area contributed by atoms with E-state index in [1.165, 1.54) is 11.1 Å². The minimum absolute atomic E-state index is 0.467. The van der Waals surface area contributed by atoms with Crippen LogP contribution >= 0.6 is 0 Å². The van der Waals surface area contributed by atoms with Gasteiger partial charge in [0.1, 0.15) is 5.54 Å². The molecule has 1 aromatic rings. The average Bonchev–Trinajstić information content (AvgIpc) is 3.23. The van der Waals surface area contributed by atoms with Crippen LogP contribution < -0.4 is 0 Å². The first-order valence-electron chi connectivity index (χ1n) is 6.86. The van der Waals surface area contributed by atoms with Gasteiger partial charge in [-0.3, -0.25) is 4.68 Å². The molecule has 0 atom stereocenters. The third-order valence-electron chi connectivity index (χ3n) is 3.94. The molecule has 0 spiro atoms. The summed E-state index contributed by atoms with van der Waals surface area (Å²) in [5.41, 5.74) is 2.90. The lowest BCUT2D eigenvalue weighted by molar-refractivity contribution is 0.459. The van der Waals surface area contributed by atoms with Gasteiger partial charge in [-0.25, -0.2) is 0 Å². The number of aromatic nitrogens is 2. The van der Waals surface area contributed by atoms with Crippen molar-refractivity contribution in [1.29, 1.82) is 0 Å². The molecule has 2 aliphatic rings. The van der Waals surface area contributed by atoms with Crippen molar-refractivity contribution in [3.63, 3.8) is 0 Å². The molecule has 1 aromatic heterocycles. The molecule has 0 fully saturated rings. The Morgan fingerprint density at radius 2 is 1.85 bits per heavy atom. The molecule has 2 heteroatoms. The number of rotatable bonds is 5. The normalized spacial score (nSPS) is 17.2. The van der Waals surface area contributed by atoms with Crippen LogP contribution in [0.3, 0.4) is 0 Å². The summed E-state index contributed by atoms with van der Waals surface area (Å²) in [5, 5.41) is 4.51.